The van der Waals surface area contributed by atoms with E-state index in [0.717, 1.165) is 24.4 Å². The van der Waals surface area contributed by atoms with Gasteiger partial charge in [-0.3, -0.25) is 9.69 Å². The van der Waals surface area contributed by atoms with Gasteiger partial charge in [-0.15, -0.1) is 0 Å². The van der Waals surface area contributed by atoms with E-state index >= 15 is 0 Å². The highest BCUT2D eigenvalue weighted by Crippen LogP contribution is 2.37. The number of ether oxygens (including phenoxy) is 1. The zero-order chi connectivity index (χ0) is 30.3. The van der Waals surface area contributed by atoms with Crippen molar-refractivity contribution in [3.63, 3.8) is 0 Å². The molecule has 4 aromatic rings. The van der Waals surface area contributed by atoms with Crippen molar-refractivity contribution in [1.82, 2.24) is 24.4 Å². The molecule has 8 nitrogen and oxygen atoms in total. The first-order valence-corrected chi connectivity index (χ1v) is 13.1. The van der Waals surface area contributed by atoms with Crippen LogP contribution >= 0.6 is 0 Å². The molecule has 42 heavy (non-hydrogen) atoms. The molecule has 0 unspecified atom stereocenters. The third kappa shape index (κ3) is 5.29. The van der Waals surface area contributed by atoms with Gasteiger partial charge in [-0.25, -0.2) is 18.3 Å². The maximum Gasteiger partial charge on any atom is 0.433 e. The monoisotopic (exact) mass is 589 g/mol. The first-order chi connectivity index (χ1) is 19.9. The second kappa shape index (κ2) is 11.3. The van der Waals surface area contributed by atoms with Gasteiger partial charge in [0.15, 0.2) is 11.3 Å². The van der Waals surface area contributed by atoms with Crippen molar-refractivity contribution >= 4 is 11.6 Å². The van der Waals surface area contributed by atoms with Gasteiger partial charge in [-0.05, 0) is 56.3 Å². The molecule has 0 aliphatic carbocycles. The molecule has 1 saturated heterocycles. The number of piperazine rings is 1. The summed E-state index contributed by atoms with van der Waals surface area (Å²) < 4.78 is 76.9. The number of aromatic nitrogens is 3. The summed E-state index contributed by atoms with van der Waals surface area (Å²) in [4.78, 5) is 21.4. The van der Waals surface area contributed by atoms with Crippen molar-refractivity contribution < 1.29 is 36.6 Å². The van der Waals surface area contributed by atoms with Gasteiger partial charge in [0.05, 0.1) is 31.6 Å². The summed E-state index contributed by atoms with van der Waals surface area (Å²) in [6, 6.07) is 8.06. The Morgan fingerprint density at radius 3 is 2.48 bits per heavy atom. The SMILES string of the molecule is COc1ccc(-c2nc3c(C(=O)N4CCN([C@H](CO)c5cc(F)ccc5F)C[C@H]4C)cnn3c(C(F)(F)F)c2C)cc1. The minimum absolute atomic E-state index is 0.00239. The number of amides is 1. The number of benzene rings is 2. The van der Waals surface area contributed by atoms with Crippen molar-refractivity contribution in [2.24, 2.45) is 0 Å². The maximum absolute atomic E-state index is 14.5. The van der Waals surface area contributed by atoms with Crippen LogP contribution in [-0.4, -0.2) is 74.8 Å². The van der Waals surface area contributed by atoms with E-state index in [1.54, 1.807) is 36.1 Å². The molecule has 1 aliphatic rings. The molecule has 2 aromatic carbocycles. The van der Waals surface area contributed by atoms with Crippen LogP contribution in [0.25, 0.3) is 16.9 Å². The minimum Gasteiger partial charge on any atom is -0.497 e. The third-order valence-corrected chi connectivity index (χ3v) is 7.60. The van der Waals surface area contributed by atoms with Crippen molar-refractivity contribution in [3.05, 3.63) is 82.7 Å². The Hall–Kier alpha value is -4.10. The zero-order valence-electron chi connectivity index (χ0n) is 23.0. The normalized spacial score (nSPS) is 17.1. The number of hydrogen-bond acceptors (Lipinski definition) is 6. The van der Waals surface area contributed by atoms with Crippen LogP contribution in [0.15, 0.2) is 48.7 Å². The fraction of sp³-hybridized carbons (Fsp3) is 0.345. The Labute approximate surface area is 237 Å². The first kappa shape index (κ1) is 29.4. The van der Waals surface area contributed by atoms with Crippen molar-refractivity contribution in [3.8, 4) is 17.0 Å². The highest BCUT2D eigenvalue weighted by atomic mass is 19.4. The molecular formula is C29H28F5N5O3. The summed E-state index contributed by atoms with van der Waals surface area (Å²) in [5, 5.41) is 13.9. The average molecular weight is 590 g/mol. The summed E-state index contributed by atoms with van der Waals surface area (Å²) in [6.45, 7) is 3.07. The summed E-state index contributed by atoms with van der Waals surface area (Å²) in [5.74, 6) is -1.36. The highest BCUT2D eigenvalue weighted by Gasteiger charge is 2.40. The van der Waals surface area contributed by atoms with Crippen LogP contribution in [0.3, 0.4) is 0 Å². The summed E-state index contributed by atoms with van der Waals surface area (Å²) in [5.41, 5.74) is -1.09. The number of aliphatic hydroxyl groups is 1. The van der Waals surface area contributed by atoms with Crippen molar-refractivity contribution in [2.75, 3.05) is 33.4 Å². The standard InChI is InChI=1S/C29H28F5N5O3/c1-16-14-37(24(15-40)21-12-19(30)6-9-23(21)31)10-11-38(16)28(41)22-13-35-39-26(29(32,33)34)17(2)25(36-27(22)39)18-4-7-20(42-3)8-5-18/h4-9,12-13,16,24,40H,10-11,14-15H2,1-3H3/t16-,24-/m1/s1. The fourth-order valence-corrected chi connectivity index (χ4v) is 5.49. The van der Waals surface area contributed by atoms with E-state index in [-0.39, 0.29) is 47.7 Å². The van der Waals surface area contributed by atoms with E-state index in [2.05, 4.69) is 10.1 Å². The molecule has 13 heteroatoms. The van der Waals surface area contributed by atoms with Crippen LogP contribution in [0.2, 0.25) is 0 Å². The van der Waals surface area contributed by atoms with Crippen LogP contribution in [0, 0.1) is 18.6 Å². The van der Waals surface area contributed by atoms with E-state index in [1.807, 2.05) is 0 Å². The molecule has 3 heterocycles. The van der Waals surface area contributed by atoms with Gasteiger partial charge in [0.25, 0.3) is 5.91 Å². The number of rotatable bonds is 6. The van der Waals surface area contributed by atoms with Crippen LogP contribution in [-0.2, 0) is 6.18 Å². The van der Waals surface area contributed by atoms with Crippen molar-refractivity contribution in [1.29, 1.82) is 0 Å². The molecule has 1 amide bonds. The Morgan fingerprint density at radius 2 is 1.86 bits per heavy atom. The lowest BCUT2D eigenvalue weighted by atomic mass is 10.0. The van der Waals surface area contributed by atoms with Gasteiger partial charge < -0.3 is 14.7 Å². The zero-order valence-corrected chi connectivity index (χ0v) is 23.0. The first-order valence-electron chi connectivity index (χ1n) is 13.1. The van der Waals surface area contributed by atoms with E-state index in [4.69, 9.17) is 4.74 Å². The minimum atomic E-state index is -4.79. The Morgan fingerprint density at radius 1 is 1.14 bits per heavy atom. The Balaban J connectivity index is 1.49. The van der Waals surface area contributed by atoms with E-state index in [0.29, 0.717) is 15.8 Å². The Kier molecular flexibility index (Phi) is 7.90. The molecule has 222 valence electrons. The molecule has 1 N–H and O–H groups in total. The summed E-state index contributed by atoms with van der Waals surface area (Å²) >= 11 is 0. The molecule has 5 rings (SSSR count). The van der Waals surface area contributed by atoms with Gasteiger partial charge in [0.1, 0.15) is 22.9 Å². The molecule has 1 fully saturated rings. The molecule has 2 atom stereocenters. The molecule has 2 aromatic heterocycles. The second-order valence-corrected chi connectivity index (χ2v) is 10.2. The van der Waals surface area contributed by atoms with Gasteiger partial charge >= 0.3 is 6.18 Å². The summed E-state index contributed by atoms with van der Waals surface area (Å²) in [6.07, 6.45) is -3.71. The number of halogens is 5. The topological polar surface area (TPSA) is 83.2 Å². The van der Waals surface area contributed by atoms with Crippen LogP contribution in [0.5, 0.6) is 5.75 Å². The number of carbonyl (C=O) groups is 1. The number of fused-ring (bicyclic) bond motifs is 1. The van der Waals surface area contributed by atoms with Crippen LogP contribution in [0.4, 0.5) is 22.0 Å². The largest absolute Gasteiger partial charge is 0.497 e. The molecule has 1 aliphatic heterocycles. The van der Waals surface area contributed by atoms with E-state index in [9.17, 15) is 31.9 Å². The maximum atomic E-state index is 14.5. The number of alkyl halides is 3. The van der Waals surface area contributed by atoms with Crippen molar-refractivity contribution in [2.45, 2.75) is 32.1 Å². The highest BCUT2D eigenvalue weighted by molar-refractivity contribution is 6.00. The molecule has 0 radical (unpaired) electrons. The Bertz CT molecular complexity index is 1620. The van der Waals surface area contributed by atoms with Crippen LogP contribution in [0.1, 0.15) is 40.1 Å². The average Bonchev–Trinajstić information content (AvgIpc) is 3.37. The smallest absolute Gasteiger partial charge is 0.433 e. The lowest BCUT2D eigenvalue weighted by Crippen LogP contribution is -2.55. The fourth-order valence-electron chi connectivity index (χ4n) is 5.49. The van der Waals surface area contributed by atoms with Gasteiger partial charge in [0, 0.05) is 42.4 Å². The number of methoxy groups -OCH3 is 1. The molecule has 0 saturated carbocycles. The number of carbonyl (C=O) groups excluding carboxylic acids is 1. The predicted molar refractivity (Wildman–Crippen MR) is 143 cm³/mol. The summed E-state index contributed by atoms with van der Waals surface area (Å²) in [7, 11) is 1.47. The van der Waals surface area contributed by atoms with Gasteiger partial charge in [0.2, 0.25) is 0 Å². The lowest BCUT2D eigenvalue weighted by Gasteiger charge is -2.43. The lowest BCUT2D eigenvalue weighted by molar-refractivity contribution is -0.143. The number of nitrogens with zero attached hydrogens (tertiary/aromatic N) is 5. The van der Waals surface area contributed by atoms with E-state index < -0.39 is 48.1 Å². The number of aliphatic hydroxyl groups excluding tert-OH is 1. The van der Waals surface area contributed by atoms with Crippen LogP contribution < -0.4 is 4.74 Å². The van der Waals surface area contributed by atoms with Gasteiger partial charge in [-0.2, -0.15) is 18.3 Å². The van der Waals surface area contributed by atoms with E-state index in [1.165, 1.54) is 18.9 Å². The van der Waals surface area contributed by atoms with Gasteiger partial charge in [-0.1, -0.05) is 0 Å². The number of hydrogen-bond donors (Lipinski definition) is 1. The quantitative estimate of drug-likeness (QED) is 0.323. The molecule has 0 spiro atoms. The predicted octanol–water partition coefficient (Wildman–Crippen LogP) is 4.89. The third-order valence-electron chi connectivity index (χ3n) is 7.60. The second-order valence-electron chi connectivity index (χ2n) is 10.2. The molecule has 0 bridgehead atoms. The molecular weight excluding hydrogens is 561 g/mol.